The molecule has 1 aromatic heterocycles. The molecule has 0 bridgehead atoms. The number of amides is 3. The lowest BCUT2D eigenvalue weighted by Gasteiger charge is -2.21. The van der Waals surface area contributed by atoms with Crippen LogP contribution in [0.15, 0.2) is 66.9 Å². The van der Waals surface area contributed by atoms with Gasteiger partial charge in [0, 0.05) is 17.4 Å². The molecule has 2 aromatic carbocycles. The summed E-state index contributed by atoms with van der Waals surface area (Å²) in [4.78, 5) is 43.8. The van der Waals surface area contributed by atoms with Crippen molar-refractivity contribution in [3.8, 4) is 0 Å². The predicted octanol–water partition coefficient (Wildman–Crippen LogP) is 3.07. The van der Waals surface area contributed by atoms with E-state index >= 15 is 0 Å². The van der Waals surface area contributed by atoms with Crippen LogP contribution in [0, 0.1) is 0 Å². The molecule has 8 heteroatoms. The molecule has 3 aromatic rings. The van der Waals surface area contributed by atoms with E-state index in [-0.39, 0.29) is 31.0 Å². The number of nitrogens with zero attached hydrogens (tertiary/aromatic N) is 2. The van der Waals surface area contributed by atoms with Crippen LogP contribution in [-0.4, -0.2) is 47.0 Å². The minimum Gasteiger partial charge on any atom is -0.447 e. The van der Waals surface area contributed by atoms with E-state index in [0.29, 0.717) is 30.8 Å². The average molecular weight is 469 g/mol. The highest BCUT2D eigenvalue weighted by atomic mass is 16.6. The summed E-state index contributed by atoms with van der Waals surface area (Å²) in [7, 11) is 0. The molecule has 3 amide bonds. The number of nitrogens with one attached hydrogen (secondary N) is 2. The van der Waals surface area contributed by atoms with Crippen LogP contribution in [0.25, 0.3) is 0 Å². The van der Waals surface area contributed by atoms with Crippen LogP contribution in [0.2, 0.25) is 0 Å². The third-order valence-electron chi connectivity index (χ3n) is 7.17. The van der Waals surface area contributed by atoms with Gasteiger partial charge in [0.1, 0.15) is 19.0 Å². The van der Waals surface area contributed by atoms with Crippen LogP contribution in [0.1, 0.15) is 22.3 Å². The zero-order valence-electron chi connectivity index (χ0n) is 19.0. The van der Waals surface area contributed by atoms with Crippen LogP contribution in [0.4, 0.5) is 16.3 Å². The molecule has 2 N–H and O–H groups in total. The van der Waals surface area contributed by atoms with Gasteiger partial charge >= 0.3 is 6.09 Å². The Labute approximate surface area is 202 Å². The SMILES string of the molecule is O=C(CN1C(=O)OC[C@@H]1Cc1ccccc1)Nc1ccc2c(c1)CC1(C2)C(=O)Nc2ncccc21. The Morgan fingerprint density at radius 2 is 1.91 bits per heavy atom. The smallest absolute Gasteiger partial charge is 0.410 e. The number of fused-ring (bicyclic) bond motifs is 3. The van der Waals surface area contributed by atoms with Crippen molar-refractivity contribution in [3.63, 3.8) is 0 Å². The van der Waals surface area contributed by atoms with Crippen molar-refractivity contribution in [3.05, 3.63) is 89.1 Å². The molecular weight excluding hydrogens is 444 g/mol. The summed E-state index contributed by atoms with van der Waals surface area (Å²) in [5, 5.41) is 5.82. The monoisotopic (exact) mass is 468 g/mol. The molecule has 1 spiro atoms. The summed E-state index contributed by atoms with van der Waals surface area (Å²) in [6, 6.07) is 19.2. The third kappa shape index (κ3) is 3.71. The first-order valence-corrected chi connectivity index (χ1v) is 11.7. The summed E-state index contributed by atoms with van der Waals surface area (Å²) >= 11 is 0. The van der Waals surface area contributed by atoms with E-state index in [1.807, 2.05) is 60.7 Å². The van der Waals surface area contributed by atoms with Gasteiger partial charge < -0.3 is 15.4 Å². The molecule has 3 aliphatic rings. The molecule has 0 radical (unpaired) electrons. The van der Waals surface area contributed by atoms with Gasteiger partial charge in [0.25, 0.3) is 0 Å². The molecule has 0 saturated carbocycles. The van der Waals surface area contributed by atoms with Gasteiger partial charge in [-0.15, -0.1) is 0 Å². The van der Waals surface area contributed by atoms with Crippen LogP contribution < -0.4 is 10.6 Å². The lowest BCUT2D eigenvalue weighted by Crippen LogP contribution is -2.40. The van der Waals surface area contributed by atoms with Gasteiger partial charge in [0.05, 0.1) is 11.5 Å². The maximum Gasteiger partial charge on any atom is 0.410 e. The first-order valence-electron chi connectivity index (χ1n) is 11.7. The zero-order valence-corrected chi connectivity index (χ0v) is 19.0. The number of cyclic esters (lactones) is 1. The minimum absolute atomic E-state index is 0.0370. The van der Waals surface area contributed by atoms with Gasteiger partial charge in [-0.05, 0) is 54.2 Å². The molecule has 6 rings (SSSR count). The van der Waals surface area contributed by atoms with Gasteiger partial charge in [0.15, 0.2) is 0 Å². The lowest BCUT2D eigenvalue weighted by molar-refractivity contribution is -0.120. The van der Waals surface area contributed by atoms with Crippen molar-refractivity contribution in [2.45, 2.75) is 30.7 Å². The summed E-state index contributed by atoms with van der Waals surface area (Å²) in [5.41, 5.74) is 4.10. The molecule has 1 saturated heterocycles. The molecule has 176 valence electrons. The maximum atomic E-state index is 12.9. The Morgan fingerprint density at radius 1 is 1.09 bits per heavy atom. The molecule has 1 unspecified atom stereocenters. The Hall–Kier alpha value is -4.20. The molecule has 2 atom stereocenters. The van der Waals surface area contributed by atoms with E-state index in [1.165, 1.54) is 4.90 Å². The highest BCUT2D eigenvalue weighted by Crippen LogP contribution is 2.46. The largest absolute Gasteiger partial charge is 0.447 e. The van der Waals surface area contributed by atoms with E-state index in [4.69, 9.17) is 4.74 Å². The van der Waals surface area contributed by atoms with Gasteiger partial charge in [-0.1, -0.05) is 42.5 Å². The standard InChI is InChI=1S/C27H24N4O4/c32-23(15-31-21(16-35-26(31)34)11-17-5-2-1-3-6-17)29-20-9-8-18-13-27(14-19(18)12-20)22-7-4-10-28-24(22)30-25(27)33/h1-10,12,21H,11,13-16H2,(H,29,32)(H,28,30,33)/t21-,27?/m0/s1. The predicted molar refractivity (Wildman–Crippen MR) is 129 cm³/mol. The fourth-order valence-corrected chi connectivity index (χ4v) is 5.44. The first kappa shape index (κ1) is 21.3. The maximum absolute atomic E-state index is 12.9. The topological polar surface area (TPSA) is 101 Å². The normalized spacial score (nSPS) is 22.1. The number of hydrogen-bond acceptors (Lipinski definition) is 5. The van der Waals surface area contributed by atoms with Gasteiger partial charge in [0.2, 0.25) is 11.8 Å². The van der Waals surface area contributed by atoms with E-state index in [9.17, 15) is 14.4 Å². The van der Waals surface area contributed by atoms with Crippen molar-refractivity contribution < 1.29 is 19.1 Å². The van der Waals surface area contributed by atoms with Crippen LogP contribution in [-0.2, 0) is 39.0 Å². The van der Waals surface area contributed by atoms with E-state index < -0.39 is 11.5 Å². The average Bonchev–Trinajstić information content (AvgIpc) is 3.49. The zero-order chi connectivity index (χ0) is 24.0. The van der Waals surface area contributed by atoms with Gasteiger partial charge in [-0.3, -0.25) is 14.5 Å². The molecule has 3 heterocycles. The number of benzene rings is 2. The van der Waals surface area contributed by atoms with Crippen molar-refractivity contribution in [1.82, 2.24) is 9.88 Å². The van der Waals surface area contributed by atoms with Gasteiger partial charge in [-0.2, -0.15) is 0 Å². The molecule has 2 aliphatic heterocycles. The minimum atomic E-state index is -0.654. The summed E-state index contributed by atoms with van der Waals surface area (Å²) in [6.45, 7) is 0.180. The van der Waals surface area contributed by atoms with Crippen molar-refractivity contribution in [2.75, 3.05) is 23.8 Å². The van der Waals surface area contributed by atoms with Crippen molar-refractivity contribution >= 4 is 29.4 Å². The van der Waals surface area contributed by atoms with E-state index in [0.717, 1.165) is 22.3 Å². The second kappa shape index (κ2) is 8.23. The number of carbonyl (C=O) groups is 3. The van der Waals surface area contributed by atoms with Crippen LogP contribution in [0.3, 0.4) is 0 Å². The number of anilines is 2. The quantitative estimate of drug-likeness (QED) is 0.600. The second-order valence-electron chi connectivity index (χ2n) is 9.37. The summed E-state index contributed by atoms with van der Waals surface area (Å²) in [5.74, 6) is 0.300. The number of pyridine rings is 1. The number of rotatable bonds is 5. The Kier molecular flexibility index (Phi) is 5.02. The lowest BCUT2D eigenvalue weighted by atomic mass is 9.79. The van der Waals surface area contributed by atoms with Crippen molar-refractivity contribution in [1.29, 1.82) is 0 Å². The fraction of sp³-hybridized carbons (Fsp3) is 0.259. The first-order chi connectivity index (χ1) is 17.0. The highest BCUT2D eigenvalue weighted by molar-refractivity contribution is 6.06. The fourth-order valence-electron chi connectivity index (χ4n) is 5.44. The van der Waals surface area contributed by atoms with E-state index in [1.54, 1.807) is 6.20 Å². The Morgan fingerprint density at radius 3 is 2.77 bits per heavy atom. The second-order valence-corrected chi connectivity index (χ2v) is 9.37. The molecular formula is C27H24N4O4. The molecule has 1 aliphatic carbocycles. The third-order valence-corrected chi connectivity index (χ3v) is 7.17. The van der Waals surface area contributed by atoms with Crippen LogP contribution >= 0.6 is 0 Å². The number of ether oxygens (including phenoxy) is 1. The number of aromatic nitrogens is 1. The van der Waals surface area contributed by atoms with Crippen LogP contribution in [0.5, 0.6) is 0 Å². The molecule has 8 nitrogen and oxygen atoms in total. The Bertz CT molecular complexity index is 1340. The Balaban J connectivity index is 1.15. The van der Waals surface area contributed by atoms with Crippen molar-refractivity contribution in [2.24, 2.45) is 0 Å². The highest BCUT2D eigenvalue weighted by Gasteiger charge is 2.51. The summed E-state index contributed by atoms with van der Waals surface area (Å²) < 4.78 is 5.22. The van der Waals surface area contributed by atoms with E-state index in [2.05, 4.69) is 15.6 Å². The summed E-state index contributed by atoms with van der Waals surface area (Å²) in [6.07, 6.45) is 2.97. The van der Waals surface area contributed by atoms with Gasteiger partial charge in [-0.25, -0.2) is 9.78 Å². The molecule has 35 heavy (non-hydrogen) atoms. The molecule has 1 fully saturated rings. The number of hydrogen-bond donors (Lipinski definition) is 2. The number of carbonyl (C=O) groups excluding carboxylic acids is 3.